The Morgan fingerprint density at radius 3 is 2.30 bits per heavy atom. The molecule has 0 spiro atoms. The summed E-state index contributed by atoms with van der Waals surface area (Å²) in [5.74, 6) is -1.10. The van der Waals surface area contributed by atoms with E-state index in [4.69, 9.17) is 0 Å². The van der Waals surface area contributed by atoms with Crippen LogP contribution < -0.4 is 0 Å². The predicted molar refractivity (Wildman–Crippen MR) is 29.2 cm³/mol. The maximum absolute atomic E-state index is 11.7. The Morgan fingerprint density at radius 2 is 2.10 bits per heavy atom. The largest absolute Gasteiger partial charge is 0.453 e. The van der Waals surface area contributed by atoms with Gasteiger partial charge in [0.05, 0.1) is 10.7 Å². The fourth-order valence-electron chi connectivity index (χ4n) is 0.415. The zero-order valence-corrected chi connectivity index (χ0v) is 6.03. The molecule has 0 atom stereocenters. The maximum atomic E-state index is 11.7. The van der Waals surface area contributed by atoms with E-state index in [1.807, 2.05) is 0 Å². The molecule has 0 bridgehead atoms. The molecule has 1 aromatic heterocycles. The van der Waals surface area contributed by atoms with Gasteiger partial charge in [0.25, 0.3) is 5.76 Å². The van der Waals surface area contributed by atoms with Crippen LogP contribution in [0, 0.1) is 0 Å². The quantitative estimate of drug-likeness (QED) is 0.665. The molecule has 0 saturated carbocycles. The molecule has 10 heavy (non-hydrogen) atoms. The third-order valence-electron chi connectivity index (χ3n) is 0.784. The Morgan fingerprint density at radius 1 is 1.50 bits per heavy atom. The summed E-state index contributed by atoms with van der Waals surface area (Å²) >= 11 is 2.63. The molecule has 1 aromatic rings. The Kier molecular flexibility index (Phi) is 1.72. The van der Waals surface area contributed by atoms with Crippen LogP contribution in [0.1, 0.15) is 5.76 Å². The summed E-state index contributed by atoms with van der Waals surface area (Å²) in [5, 5.41) is 2.95. The molecule has 0 aliphatic heterocycles. The number of rotatable bonds is 0. The molecule has 56 valence electrons. The molecular weight excluding hydrogens is 215 g/mol. The number of aromatic nitrogens is 1. The van der Waals surface area contributed by atoms with Crippen LogP contribution in [0.5, 0.6) is 0 Å². The van der Waals surface area contributed by atoms with Crippen molar-refractivity contribution in [1.29, 1.82) is 0 Å². The molecule has 0 amide bonds. The van der Waals surface area contributed by atoms with Crippen molar-refractivity contribution in [2.75, 3.05) is 0 Å². The molecule has 1 rings (SSSR count). The van der Waals surface area contributed by atoms with Crippen molar-refractivity contribution in [3.8, 4) is 0 Å². The van der Waals surface area contributed by atoms with E-state index >= 15 is 0 Å². The second kappa shape index (κ2) is 2.26. The van der Waals surface area contributed by atoms with E-state index in [0.29, 0.717) is 0 Å². The van der Waals surface area contributed by atoms with E-state index in [1.165, 1.54) is 0 Å². The first kappa shape index (κ1) is 7.59. The summed E-state index contributed by atoms with van der Waals surface area (Å²) in [6, 6.07) is 0. The summed E-state index contributed by atoms with van der Waals surface area (Å²) in [4.78, 5) is 0. The lowest BCUT2D eigenvalue weighted by atomic mass is 10.5. The highest BCUT2D eigenvalue weighted by atomic mass is 79.9. The van der Waals surface area contributed by atoms with Crippen molar-refractivity contribution in [2.24, 2.45) is 0 Å². The van der Waals surface area contributed by atoms with Crippen molar-refractivity contribution < 1.29 is 17.7 Å². The van der Waals surface area contributed by atoms with Crippen LogP contribution in [0.4, 0.5) is 13.2 Å². The first-order chi connectivity index (χ1) is 4.52. The first-order valence-electron chi connectivity index (χ1n) is 2.19. The lowest BCUT2D eigenvalue weighted by Gasteiger charge is -1.98. The third kappa shape index (κ3) is 1.31. The lowest BCUT2D eigenvalue weighted by molar-refractivity contribution is -0.156. The summed E-state index contributed by atoms with van der Waals surface area (Å²) < 4.78 is 38.9. The van der Waals surface area contributed by atoms with Crippen LogP contribution >= 0.6 is 15.9 Å². The van der Waals surface area contributed by atoms with Gasteiger partial charge in [-0.15, -0.1) is 0 Å². The molecule has 0 N–H and O–H groups in total. The predicted octanol–water partition coefficient (Wildman–Crippen LogP) is 2.46. The van der Waals surface area contributed by atoms with Crippen molar-refractivity contribution in [3.05, 3.63) is 16.4 Å². The number of alkyl halides is 3. The van der Waals surface area contributed by atoms with E-state index in [2.05, 4.69) is 25.6 Å². The fraction of sp³-hybridized carbons (Fsp3) is 0.250. The zero-order valence-electron chi connectivity index (χ0n) is 4.44. The summed E-state index contributed by atoms with van der Waals surface area (Å²) in [6.07, 6.45) is -3.52. The van der Waals surface area contributed by atoms with Gasteiger partial charge in [0, 0.05) is 0 Å². The summed E-state index contributed by atoms with van der Waals surface area (Å²) in [5.41, 5.74) is 0. The minimum Gasteiger partial charge on any atom is -0.350 e. The average Bonchev–Trinajstić information content (AvgIpc) is 2.11. The monoisotopic (exact) mass is 215 g/mol. The van der Waals surface area contributed by atoms with E-state index < -0.39 is 11.9 Å². The minimum absolute atomic E-state index is 0.181. The van der Waals surface area contributed by atoms with Crippen LogP contribution in [0.2, 0.25) is 0 Å². The van der Waals surface area contributed by atoms with Gasteiger partial charge in [-0.2, -0.15) is 13.2 Å². The highest BCUT2D eigenvalue weighted by molar-refractivity contribution is 9.10. The number of halogens is 4. The fourth-order valence-corrected chi connectivity index (χ4v) is 0.795. The Hall–Kier alpha value is -0.520. The van der Waals surface area contributed by atoms with E-state index in [0.717, 1.165) is 6.20 Å². The van der Waals surface area contributed by atoms with Crippen molar-refractivity contribution >= 4 is 15.9 Å². The molecule has 0 aliphatic carbocycles. The number of hydrogen-bond donors (Lipinski definition) is 0. The zero-order chi connectivity index (χ0) is 7.78. The number of nitrogens with zero attached hydrogens (tertiary/aromatic N) is 1. The van der Waals surface area contributed by atoms with Crippen LogP contribution in [0.3, 0.4) is 0 Å². The Labute approximate surface area is 62.1 Å². The first-order valence-corrected chi connectivity index (χ1v) is 2.98. The van der Waals surface area contributed by atoms with Gasteiger partial charge in [-0.1, -0.05) is 5.16 Å². The Bertz CT molecular complexity index is 231. The second-order valence-electron chi connectivity index (χ2n) is 1.50. The van der Waals surface area contributed by atoms with Gasteiger partial charge in [0.15, 0.2) is 0 Å². The van der Waals surface area contributed by atoms with E-state index in [9.17, 15) is 13.2 Å². The average molecular weight is 216 g/mol. The molecule has 2 nitrogen and oxygen atoms in total. The standard InChI is InChI=1S/C4HBrF3NO/c5-2-1-9-10-3(2)4(6,7)8/h1H. The van der Waals surface area contributed by atoms with Gasteiger partial charge in [-0.3, -0.25) is 0 Å². The molecule has 0 saturated heterocycles. The second-order valence-corrected chi connectivity index (χ2v) is 2.35. The van der Waals surface area contributed by atoms with E-state index in [-0.39, 0.29) is 4.47 Å². The molecule has 1 heterocycles. The van der Waals surface area contributed by atoms with Crippen LogP contribution in [0.15, 0.2) is 15.2 Å². The lowest BCUT2D eigenvalue weighted by Crippen LogP contribution is -2.03. The third-order valence-corrected chi connectivity index (χ3v) is 1.35. The van der Waals surface area contributed by atoms with Crippen LogP contribution in [-0.4, -0.2) is 5.16 Å². The van der Waals surface area contributed by atoms with Gasteiger partial charge >= 0.3 is 6.18 Å². The molecule has 0 radical (unpaired) electrons. The van der Waals surface area contributed by atoms with Crippen molar-refractivity contribution in [1.82, 2.24) is 5.16 Å². The van der Waals surface area contributed by atoms with Gasteiger partial charge in [-0.25, -0.2) is 0 Å². The maximum Gasteiger partial charge on any atom is 0.453 e. The van der Waals surface area contributed by atoms with Crippen molar-refractivity contribution in [2.45, 2.75) is 6.18 Å². The van der Waals surface area contributed by atoms with Gasteiger partial charge < -0.3 is 4.52 Å². The van der Waals surface area contributed by atoms with Gasteiger partial charge in [-0.05, 0) is 15.9 Å². The van der Waals surface area contributed by atoms with Crippen LogP contribution in [-0.2, 0) is 6.18 Å². The van der Waals surface area contributed by atoms with Crippen LogP contribution in [0.25, 0.3) is 0 Å². The summed E-state index contributed by atoms with van der Waals surface area (Å²) in [6.45, 7) is 0. The minimum atomic E-state index is -4.46. The molecule has 6 heteroatoms. The highest BCUT2D eigenvalue weighted by Gasteiger charge is 2.37. The molecule has 0 unspecified atom stereocenters. The summed E-state index contributed by atoms with van der Waals surface area (Å²) in [7, 11) is 0. The topological polar surface area (TPSA) is 26.0 Å². The Balaban J connectivity index is 3.05. The normalized spacial score (nSPS) is 12.0. The van der Waals surface area contributed by atoms with E-state index in [1.54, 1.807) is 0 Å². The number of hydrogen-bond acceptors (Lipinski definition) is 2. The molecule has 0 aromatic carbocycles. The van der Waals surface area contributed by atoms with Crippen molar-refractivity contribution in [3.63, 3.8) is 0 Å². The van der Waals surface area contributed by atoms with Gasteiger partial charge in [0.1, 0.15) is 0 Å². The molecule has 0 aliphatic rings. The smallest absolute Gasteiger partial charge is 0.350 e. The molecular formula is C4HBrF3NO. The van der Waals surface area contributed by atoms with Gasteiger partial charge in [0.2, 0.25) is 0 Å². The highest BCUT2D eigenvalue weighted by Crippen LogP contribution is 2.34. The molecule has 0 fully saturated rings. The SMILES string of the molecule is FC(F)(F)c1oncc1Br.